The van der Waals surface area contributed by atoms with Crippen molar-refractivity contribution in [1.29, 1.82) is 0 Å². The number of hydrogen-bond donors (Lipinski definition) is 1. The van der Waals surface area contributed by atoms with E-state index in [4.69, 9.17) is 4.89 Å². The molecule has 0 spiro atoms. The second-order valence-electron chi connectivity index (χ2n) is 2.03. The predicted octanol–water partition coefficient (Wildman–Crippen LogP) is 1.92. The molecule has 12 heavy (non-hydrogen) atoms. The van der Waals surface area contributed by atoms with Gasteiger partial charge in [0.05, 0.1) is 13.2 Å². The van der Waals surface area contributed by atoms with Gasteiger partial charge in [-0.05, 0) is 12.8 Å². The van der Waals surface area contributed by atoms with Crippen molar-refractivity contribution in [2.75, 3.05) is 13.2 Å². The Hall–Kier alpha value is 0.230. The summed E-state index contributed by atoms with van der Waals surface area (Å²) in [4.78, 5) is 18.0. The van der Waals surface area contributed by atoms with Crippen molar-refractivity contribution in [1.82, 2.24) is 0 Å². The quantitative estimate of drug-likeness (QED) is 0.279. The van der Waals surface area contributed by atoms with Crippen molar-refractivity contribution in [3.05, 3.63) is 0 Å². The van der Waals surface area contributed by atoms with Gasteiger partial charge < -0.3 is 4.89 Å². The Morgan fingerprint density at radius 3 is 1.75 bits per heavy atom. The average Bonchev–Trinajstić information content (AvgIpc) is 2.06. The van der Waals surface area contributed by atoms with Crippen LogP contribution in [0, 0.1) is 0 Å². The van der Waals surface area contributed by atoms with Gasteiger partial charge in [0.1, 0.15) is 0 Å². The van der Waals surface area contributed by atoms with E-state index in [1.807, 2.05) is 13.8 Å². The van der Waals surface area contributed by atoms with Crippen LogP contribution in [-0.2, 0) is 19.1 Å². The van der Waals surface area contributed by atoms with Crippen molar-refractivity contribution in [3.63, 3.8) is 0 Å². The monoisotopic (exact) mass is 198 g/mol. The minimum Gasteiger partial charge on any atom is -0.325 e. The fraction of sp³-hybridized carbons (Fsp3) is 1.00. The summed E-state index contributed by atoms with van der Waals surface area (Å²) in [6.45, 7) is 4.71. The molecule has 0 aromatic heterocycles. The van der Waals surface area contributed by atoms with Gasteiger partial charge in [-0.1, -0.05) is 13.8 Å². The molecule has 0 saturated carbocycles. The Morgan fingerprint density at radius 2 is 1.42 bits per heavy atom. The zero-order valence-electron chi connectivity index (χ0n) is 7.36. The van der Waals surface area contributed by atoms with Crippen LogP contribution in [0.1, 0.15) is 26.7 Å². The lowest BCUT2D eigenvalue weighted by Crippen LogP contribution is -1.96. The van der Waals surface area contributed by atoms with Crippen molar-refractivity contribution in [2.24, 2.45) is 0 Å². The number of hydrogen-bond acceptors (Lipinski definition) is 5. The normalized spacial score (nSPS) is 11.0. The van der Waals surface area contributed by atoms with E-state index in [0.717, 1.165) is 12.8 Å². The first-order chi connectivity index (χ1) is 5.81. The fourth-order valence-electron chi connectivity index (χ4n) is 0.344. The third-order valence-electron chi connectivity index (χ3n) is 0.808. The van der Waals surface area contributed by atoms with E-state index < -0.39 is 8.60 Å². The van der Waals surface area contributed by atoms with Gasteiger partial charge in [0, 0.05) is 0 Å². The van der Waals surface area contributed by atoms with Crippen LogP contribution in [0.5, 0.6) is 0 Å². The third kappa shape index (κ3) is 8.33. The van der Waals surface area contributed by atoms with Crippen LogP contribution in [0.3, 0.4) is 0 Å². The maximum Gasteiger partial charge on any atom is 0.389 e. The van der Waals surface area contributed by atoms with Crippen LogP contribution < -0.4 is 0 Å². The van der Waals surface area contributed by atoms with Crippen LogP contribution >= 0.6 is 8.60 Å². The second kappa shape index (κ2) is 9.32. The van der Waals surface area contributed by atoms with Crippen molar-refractivity contribution in [2.45, 2.75) is 26.7 Å². The molecule has 5 nitrogen and oxygen atoms in total. The molecular weight excluding hydrogens is 183 g/mol. The van der Waals surface area contributed by atoms with Gasteiger partial charge in [0.2, 0.25) is 0 Å². The first-order valence-corrected chi connectivity index (χ1v) is 5.02. The Labute approximate surface area is 73.4 Å². The minimum absolute atomic E-state index is 0.427. The van der Waals surface area contributed by atoms with E-state index in [1.54, 1.807) is 0 Å². The molecule has 1 N–H and O–H groups in total. The molecule has 0 aromatic rings. The standard InChI is InChI=1S/C6H15O5P/c1-3-5-8-10-12(7)11-9-6-4-2/h7H,3-6H2,1-2H3. The van der Waals surface area contributed by atoms with E-state index >= 15 is 0 Å². The molecule has 0 heterocycles. The van der Waals surface area contributed by atoms with Crippen molar-refractivity contribution >= 4 is 8.60 Å². The molecule has 0 amide bonds. The summed E-state index contributed by atoms with van der Waals surface area (Å²) in [7, 11) is -2.05. The zero-order valence-corrected chi connectivity index (χ0v) is 8.25. The lowest BCUT2D eigenvalue weighted by atomic mass is 10.5. The first-order valence-electron chi connectivity index (χ1n) is 3.89. The largest absolute Gasteiger partial charge is 0.389 e. The van der Waals surface area contributed by atoms with Gasteiger partial charge in [-0.25, -0.2) is 9.78 Å². The van der Waals surface area contributed by atoms with Crippen LogP contribution in [0.15, 0.2) is 0 Å². The van der Waals surface area contributed by atoms with E-state index in [9.17, 15) is 0 Å². The fourth-order valence-corrected chi connectivity index (χ4v) is 0.698. The molecule has 0 saturated heterocycles. The van der Waals surface area contributed by atoms with Crippen LogP contribution in [-0.4, -0.2) is 18.1 Å². The summed E-state index contributed by atoms with van der Waals surface area (Å²) in [5.41, 5.74) is 0. The highest BCUT2D eigenvalue weighted by Crippen LogP contribution is 2.33. The second-order valence-corrected chi connectivity index (χ2v) is 2.80. The average molecular weight is 198 g/mol. The van der Waals surface area contributed by atoms with Gasteiger partial charge >= 0.3 is 8.60 Å². The molecule has 0 aliphatic rings. The van der Waals surface area contributed by atoms with E-state index in [1.165, 1.54) is 0 Å². The zero-order chi connectivity index (χ0) is 9.23. The highest BCUT2D eigenvalue weighted by molar-refractivity contribution is 7.40. The highest BCUT2D eigenvalue weighted by Gasteiger charge is 2.07. The Morgan fingerprint density at radius 1 is 1.00 bits per heavy atom. The third-order valence-corrected chi connectivity index (χ3v) is 1.27. The smallest absolute Gasteiger partial charge is 0.325 e. The molecule has 0 aliphatic carbocycles. The molecule has 0 aromatic carbocycles. The SMILES string of the molecule is CCCOOP(O)OOCCC. The molecule has 74 valence electrons. The molecule has 0 atom stereocenters. The van der Waals surface area contributed by atoms with Crippen LogP contribution in [0.4, 0.5) is 0 Å². The minimum atomic E-state index is -2.05. The molecule has 0 radical (unpaired) electrons. The number of rotatable bonds is 8. The van der Waals surface area contributed by atoms with Crippen molar-refractivity contribution in [3.8, 4) is 0 Å². The molecule has 0 aliphatic heterocycles. The van der Waals surface area contributed by atoms with Gasteiger partial charge in [0.15, 0.2) is 0 Å². The van der Waals surface area contributed by atoms with Crippen LogP contribution in [0.25, 0.3) is 0 Å². The van der Waals surface area contributed by atoms with E-state index in [-0.39, 0.29) is 0 Å². The lowest BCUT2D eigenvalue weighted by Gasteiger charge is -2.07. The summed E-state index contributed by atoms with van der Waals surface area (Å²) in [6.07, 6.45) is 1.64. The maximum atomic E-state index is 8.87. The van der Waals surface area contributed by atoms with Gasteiger partial charge in [-0.15, -0.1) is 0 Å². The topological polar surface area (TPSA) is 57.2 Å². The first kappa shape index (κ1) is 12.2. The molecule has 0 fully saturated rings. The summed E-state index contributed by atoms with van der Waals surface area (Å²) in [5.74, 6) is 0. The molecule has 0 unspecified atom stereocenters. The Bertz CT molecular complexity index is 82.0. The predicted molar refractivity (Wildman–Crippen MR) is 43.8 cm³/mol. The molecule has 0 bridgehead atoms. The molecular formula is C6H15O5P. The van der Waals surface area contributed by atoms with Gasteiger partial charge in [0.25, 0.3) is 0 Å². The lowest BCUT2D eigenvalue weighted by molar-refractivity contribution is -0.266. The Kier molecular flexibility index (Phi) is 9.50. The summed E-state index contributed by atoms with van der Waals surface area (Å²) in [6, 6.07) is 0. The van der Waals surface area contributed by atoms with E-state index in [0.29, 0.717) is 13.2 Å². The highest BCUT2D eigenvalue weighted by atomic mass is 31.2. The van der Waals surface area contributed by atoms with Crippen molar-refractivity contribution < 1.29 is 24.0 Å². The summed E-state index contributed by atoms with van der Waals surface area (Å²) < 4.78 is 8.80. The Balaban J connectivity index is 3.04. The molecule has 0 rings (SSSR count). The molecule has 6 heteroatoms. The maximum absolute atomic E-state index is 8.87. The summed E-state index contributed by atoms with van der Waals surface area (Å²) in [5, 5.41) is 0. The summed E-state index contributed by atoms with van der Waals surface area (Å²) >= 11 is 0. The van der Waals surface area contributed by atoms with Gasteiger partial charge in [-0.3, -0.25) is 0 Å². The van der Waals surface area contributed by atoms with Crippen LogP contribution in [0.2, 0.25) is 0 Å². The van der Waals surface area contributed by atoms with Gasteiger partial charge in [-0.2, -0.15) is 9.35 Å². The van der Waals surface area contributed by atoms with E-state index in [2.05, 4.69) is 19.1 Å².